The first kappa shape index (κ1) is 12.7. The Morgan fingerprint density at radius 2 is 2.22 bits per heavy atom. The number of fused-ring (bicyclic) bond motifs is 1. The molecule has 1 aromatic heterocycles. The molecule has 0 amide bonds. The Morgan fingerprint density at radius 3 is 3.00 bits per heavy atom. The van der Waals surface area contributed by atoms with E-state index in [0.717, 1.165) is 16.3 Å². The molecule has 0 bridgehead atoms. The number of nitrogens with zero attached hydrogens (tertiary/aromatic N) is 1. The molecular formula is C15H17NO2. The zero-order valence-corrected chi connectivity index (χ0v) is 10.7. The van der Waals surface area contributed by atoms with Crippen LogP contribution >= 0.6 is 0 Å². The van der Waals surface area contributed by atoms with E-state index in [1.165, 1.54) is 0 Å². The molecule has 0 spiro atoms. The van der Waals surface area contributed by atoms with Crippen molar-refractivity contribution in [1.82, 2.24) is 4.98 Å². The molecule has 3 nitrogen and oxygen atoms in total. The second-order valence-electron chi connectivity index (χ2n) is 4.59. The van der Waals surface area contributed by atoms with Gasteiger partial charge in [-0.1, -0.05) is 25.1 Å². The number of ether oxygens (including phenoxy) is 1. The third-order valence-electron chi connectivity index (χ3n) is 2.97. The molecule has 0 aliphatic heterocycles. The van der Waals surface area contributed by atoms with Gasteiger partial charge in [0, 0.05) is 43.5 Å². The Balaban J connectivity index is 2.28. The molecule has 0 aliphatic rings. The van der Waals surface area contributed by atoms with E-state index in [9.17, 15) is 4.79 Å². The van der Waals surface area contributed by atoms with E-state index in [1.54, 1.807) is 19.5 Å². The number of methoxy groups -OCH3 is 1. The van der Waals surface area contributed by atoms with Crippen LogP contribution in [0.1, 0.15) is 23.7 Å². The van der Waals surface area contributed by atoms with Crippen molar-refractivity contribution < 1.29 is 9.53 Å². The van der Waals surface area contributed by atoms with E-state index < -0.39 is 0 Å². The number of benzene rings is 1. The summed E-state index contributed by atoms with van der Waals surface area (Å²) in [5.74, 6) is 0.382. The highest BCUT2D eigenvalue weighted by atomic mass is 16.5. The molecule has 0 saturated carbocycles. The predicted molar refractivity (Wildman–Crippen MR) is 71.7 cm³/mol. The molecule has 0 aliphatic carbocycles. The molecule has 1 unspecified atom stereocenters. The first-order chi connectivity index (χ1) is 8.72. The van der Waals surface area contributed by atoms with Crippen LogP contribution in [0.5, 0.6) is 0 Å². The summed E-state index contributed by atoms with van der Waals surface area (Å²) in [6, 6.07) is 7.69. The number of aromatic nitrogens is 1. The number of carbonyl (C=O) groups excluding carboxylic acids is 1. The fourth-order valence-electron chi connectivity index (χ4n) is 2.13. The number of pyridine rings is 1. The number of ketones is 1. The molecule has 0 fully saturated rings. The minimum Gasteiger partial charge on any atom is -0.384 e. The van der Waals surface area contributed by atoms with E-state index in [1.807, 2.05) is 31.2 Å². The van der Waals surface area contributed by atoms with Crippen LogP contribution in [-0.4, -0.2) is 24.5 Å². The Bertz CT molecular complexity index is 546. The maximum Gasteiger partial charge on any atom is 0.163 e. The van der Waals surface area contributed by atoms with Crippen LogP contribution in [0.4, 0.5) is 0 Å². The highest BCUT2D eigenvalue weighted by Gasteiger charge is 2.13. The number of hydrogen-bond acceptors (Lipinski definition) is 3. The monoisotopic (exact) mass is 243 g/mol. The standard InChI is InChI=1S/C15H17NO2/c1-11(10-18-2)8-15(17)13-5-3-4-12-6-7-16-9-14(12)13/h3-7,9,11H,8,10H2,1-2H3. The van der Waals surface area contributed by atoms with Gasteiger partial charge in [0.2, 0.25) is 0 Å². The minimum atomic E-state index is 0.151. The Hall–Kier alpha value is -1.74. The van der Waals surface area contributed by atoms with Crippen molar-refractivity contribution in [3.63, 3.8) is 0 Å². The second-order valence-corrected chi connectivity index (χ2v) is 4.59. The van der Waals surface area contributed by atoms with Crippen LogP contribution in [0.3, 0.4) is 0 Å². The summed E-state index contributed by atoms with van der Waals surface area (Å²) >= 11 is 0. The number of rotatable bonds is 5. The van der Waals surface area contributed by atoms with Gasteiger partial charge in [-0.05, 0) is 17.4 Å². The van der Waals surface area contributed by atoms with Gasteiger partial charge in [0.1, 0.15) is 0 Å². The summed E-state index contributed by atoms with van der Waals surface area (Å²) in [5, 5.41) is 1.98. The molecular weight excluding hydrogens is 226 g/mol. The lowest BCUT2D eigenvalue weighted by molar-refractivity contribution is 0.0921. The molecule has 94 valence electrons. The van der Waals surface area contributed by atoms with Crippen LogP contribution < -0.4 is 0 Å². The molecule has 1 atom stereocenters. The van der Waals surface area contributed by atoms with Gasteiger partial charge in [-0.25, -0.2) is 0 Å². The second kappa shape index (κ2) is 5.74. The van der Waals surface area contributed by atoms with E-state index in [0.29, 0.717) is 13.0 Å². The average Bonchev–Trinajstić information content (AvgIpc) is 2.38. The molecule has 2 aromatic rings. The fraction of sp³-hybridized carbons (Fsp3) is 0.333. The van der Waals surface area contributed by atoms with Gasteiger partial charge in [0.25, 0.3) is 0 Å². The molecule has 18 heavy (non-hydrogen) atoms. The lowest BCUT2D eigenvalue weighted by atomic mass is 9.97. The highest BCUT2D eigenvalue weighted by molar-refractivity contribution is 6.07. The summed E-state index contributed by atoms with van der Waals surface area (Å²) < 4.78 is 5.06. The van der Waals surface area contributed by atoms with E-state index in [4.69, 9.17) is 4.74 Å². The van der Waals surface area contributed by atoms with Gasteiger partial charge in [-0.3, -0.25) is 9.78 Å². The number of carbonyl (C=O) groups is 1. The van der Waals surface area contributed by atoms with Gasteiger partial charge in [0.15, 0.2) is 5.78 Å². The summed E-state index contributed by atoms with van der Waals surface area (Å²) in [6.07, 6.45) is 4.00. The Labute approximate surface area is 107 Å². The third kappa shape index (κ3) is 2.74. The third-order valence-corrected chi connectivity index (χ3v) is 2.97. The molecule has 2 rings (SSSR count). The summed E-state index contributed by atoms with van der Waals surface area (Å²) in [5.41, 5.74) is 0.753. The molecule has 1 aromatic carbocycles. The smallest absolute Gasteiger partial charge is 0.163 e. The van der Waals surface area contributed by atoms with Gasteiger partial charge >= 0.3 is 0 Å². The largest absolute Gasteiger partial charge is 0.384 e. The molecule has 0 N–H and O–H groups in total. The molecule has 1 heterocycles. The summed E-state index contributed by atoms with van der Waals surface area (Å²) in [7, 11) is 1.66. The van der Waals surface area contributed by atoms with E-state index in [-0.39, 0.29) is 11.7 Å². The zero-order valence-electron chi connectivity index (χ0n) is 10.7. The van der Waals surface area contributed by atoms with Crippen LogP contribution in [0.15, 0.2) is 36.7 Å². The topological polar surface area (TPSA) is 39.2 Å². The van der Waals surface area contributed by atoms with Gasteiger partial charge in [0.05, 0.1) is 0 Å². The highest BCUT2D eigenvalue weighted by Crippen LogP contribution is 2.20. The first-order valence-electron chi connectivity index (χ1n) is 6.07. The van der Waals surface area contributed by atoms with Crippen LogP contribution in [-0.2, 0) is 4.74 Å². The van der Waals surface area contributed by atoms with Gasteiger partial charge < -0.3 is 4.74 Å². The quantitative estimate of drug-likeness (QED) is 0.757. The zero-order chi connectivity index (χ0) is 13.0. The SMILES string of the molecule is COCC(C)CC(=O)c1cccc2ccncc12. The summed E-state index contributed by atoms with van der Waals surface area (Å²) in [4.78, 5) is 16.4. The normalized spacial score (nSPS) is 12.6. The van der Waals surface area contributed by atoms with Crippen LogP contribution in [0.25, 0.3) is 10.8 Å². The maximum atomic E-state index is 12.3. The first-order valence-corrected chi connectivity index (χ1v) is 6.07. The lowest BCUT2D eigenvalue weighted by Gasteiger charge is -2.10. The minimum absolute atomic E-state index is 0.151. The van der Waals surface area contributed by atoms with E-state index in [2.05, 4.69) is 4.98 Å². The molecule has 0 radical (unpaired) electrons. The van der Waals surface area contributed by atoms with Crippen molar-refractivity contribution in [3.05, 3.63) is 42.2 Å². The summed E-state index contributed by atoms with van der Waals surface area (Å²) in [6.45, 7) is 2.62. The van der Waals surface area contributed by atoms with Crippen LogP contribution in [0.2, 0.25) is 0 Å². The average molecular weight is 243 g/mol. The van der Waals surface area contributed by atoms with Crippen LogP contribution in [0, 0.1) is 5.92 Å². The maximum absolute atomic E-state index is 12.3. The van der Waals surface area contributed by atoms with Crippen molar-refractivity contribution in [2.24, 2.45) is 5.92 Å². The fourth-order valence-corrected chi connectivity index (χ4v) is 2.13. The van der Waals surface area contributed by atoms with Crippen molar-refractivity contribution in [2.75, 3.05) is 13.7 Å². The number of Topliss-reactive ketones (excluding diaryl/α,β-unsaturated/α-hetero) is 1. The Kier molecular flexibility index (Phi) is 4.05. The van der Waals surface area contributed by atoms with E-state index >= 15 is 0 Å². The van der Waals surface area contributed by atoms with Crippen molar-refractivity contribution in [3.8, 4) is 0 Å². The van der Waals surface area contributed by atoms with Crippen molar-refractivity contribution >= 4 is 16.6 Å². The lowest BCUT2D eigenvalue weighted by Crippen LogP contribution is -2.11. The number of hydrogen-bond donors (Lipinski definition) is 0. The Morgan fingerprint density at radius 1 is 1.39 bits per heavy atom. The van der Waals surface area contributed by atoms with Gasteiger partial charge in [-0.15, -0.1) is 0 Å². The van der Waals surface area contributed by atoms with Crippen molar-refractivity contribution in [2.45, 2.75) is 13.3 Å². The molecule has 0 saturated heterocycles. The predicted octanol–water partition coefficient (Wildman–Crippen LogP) is 3.09. The molecule has 3 heteroatoms. The van der Waals surface area contributed by atoms with Crippen molar-refractivity contribution in [1.29, 1.82) is 0 Å². The van der Waals surface area contributed by atoms with Gasteiger partial charge in [-0.2, -0.15) is 0 Å².